The van der Waals surface area contributed by atoms with Crippen molar-refractivity contribution in [2.24, 2.45) is 0 Å². The Morgan fingerprint density at radius 2 is 1.77 bits per heavy atom. The predicted octanol–water partition coefficient (Wildman–Crippen LogP) is 2.34. The maximum atomic E-state index is 13.6. The Hall–Kier alpha value is -2.40. The van der Waals surface area contributed by atoms with Crippen LogP contribution in [0.5, 0.6) is 0 Å². The monoisotopic (exact) mass is 454 g/mol. The molecule has 0 spiro atoms. The summed E-state index contributed by atoms with van der Waals surface area (Å²) in [6, 6.07) is 6.29. The van der Waals surface area contributed by atoms with Crippen LogP contribution in [-0.2, 0) is 10.0 Å². The molecule has 1 aliphatic heterocycles. The number of sulfonamides is 1. The third-order valence-corrected chi connectivity index (χ3v) is 7.52. The summed E-state index contributed by atoms with van der Waals surface area (Å²) in [5, 5.41) is 21.8. The van der Waals surface area contributed by atoms with Crippen molar-refractivity contribution in [1.29, 1.82) is 0 Å². The maximum absolute atomic E-state index is 13.6. The van der Waals surface area contributed by atoms with Crippen molar-refractivity contribution < 1.29 is 32.2 Å². The minimum Gasteiger partial charge on any atom is -0.393 e. The van der Waals surface area contributed by atoms with Crippen LogP contribution in [0.1, 0.15) is 34.3 Å². The lowest BCUT2D eigenvalue weighted by Crippen LogP contribution is -2.48. The summed E-state index contributed by atoms with van der Waals surface area (Å²) in [5.74, 6) is -2.78. The third-order valence-electron chi connectivity index (χ3n) is 5.48. The highest BCUT2D eigenvalue weighted by Crippen LogP contribution is 2.28. The Kier molecular flexibility index (Phi) is 6.47. The molecule has 3 N–H and O–H groups in total. The number of aliphatic hydroxyl groups excluding tert-OH is 1. The number of carbonyl (C=O) groups excluding carboxylic acids is 1. The summed E-state index contributed by atoms with van der Waals surface area (Å²) in [6.45, 7) is 2.58. The number of aliphatic hydroxyl groups is 2. The zero-order valence-corrected chi connectivity index (χ0v) is 18.0. The Morgan fingerprint density at radius 1 is 1.13 bits per heavy atom. The second-order valence-electron chi connectivity index (χ2n) is 7.81. The Labute approximate surface area is 179 Å². The van der Waals surface area contributed by atoms with Crippen LogP contribution in [0.3, 0.4) is 0 Å². The highest BCUT2D eigenvalue weighted by molar-refractivity contribution is 7.89. The van der Waals surface area contributed by atoms with E-state index in [1.54, 1.807) is 6.92 Å². The first-order valence-electron chi connectivity index (χ1n) is 9.68. The summed E-state index contributed by atoms with van der Waals surface area (Å²) in [4.78, 5) is 12.6. The molecule has 7 nitrogen and oxygen atoms in total. The molecule has 10 heteroatoms. The lowest BCUT2D eigenvalue weighted by molar-refractivity contribution is -0.0480. The average Bonchev–Trinajstić information content (AvgIpc) is 2.72. The number of amides is 1. The van der Waals surface area contributed by atoms with Crippen LogP contribution in [0.25, 0.3) is 0 Å². The number of hydrogen-bond donors (Lipinski definition) is 3. The Bertz CT molecular complexity index is 1090. The van der Waals surface area contributed by atoms with Gasteiger partial charge >= 0.3 is 0 Å². The van der Waals surface area contributed by atoms with Gasteiger partial charge in [0.05, 0.1) is 17.1 Å². The van der Waals surface area contributed by atoms with Crippen LogP contribution in [0.4, 0.5) is 14.5 Å². The van der Waals surface area contributed by atoms with Gasteiger partial charge in [0.25, 0.3) is 5.91 Å². The number of piperidine rings is 1. The molecule has 2 aromatic rings. The summed E-state index contributed by atoms with van der Waals surface area (Å²) >= 11 is 0. The number of nitrogens with zero attached hydrogens (tertiary/aromatic N) is 1. The average molecular weight is 454 g/mol. The van der Waals surface area contributed by atoms with Gasteiger partial charge in [-0.1, -0.05) is 6.07 Å². The molecule has 3 rings (SSSR count). The molecule has 1 amide bonds. The van der Waals surface area contributed by atoms with Gasteiger partial charge in [0.15, 0.2) is 11.6 Å². The van der Waals surface area contributed by atoms with Crippen molar-refractivity contribution in [3.8, 4) is 0 Å². The molecular formula is C21H24F2N2O5S. The van der Waals surface area contributed by atoms with Crippen molar-refractivity contribution in [2.45, 2.75) is 37.2 Å². The molecule has 0 bridgehead atoms. The van der Waals surface area contributed by atoms with Gasteiger partial charge in [0.1, 0.15) is 0 Å². The third kappa shape index (κ3) is 4.77. The van der Waals surface area contributed by atoms with Gasteiger partial charge in [-0.3, -0.25) is 4.79 Å². The number of nitrogens with one attached hydrogen (secondary N) is 1. The fraction of sp³-hybridized carbons (Fsp3) is 0.381. The van der Waals surface area contributed by atoms with E-state index in [9.17, 15) is 32.2 Å². The molecule has 0 aromatic heterocycles. The van der Waals surface area contributed by atoms with E-state index in [1.165, 1.54) is 35.5 Å². The van der Waals surface area contributed by atoms with Gasteiger partial charge in [-0.15, -0.1) is 0 Å². The molecule has 1 fully saturated rings. The second kappa shape index (κ2) is 8.62. The van der Waals surface area contributed by atoms with Crippen LogP contribution in [0.15, 0.2) is 35.2 Å². The van der Waals surface area contributed by atoms with Crippen molar-refractivity contribution in [1.82, 2.24) is 4.31 Å². The van der Waals surface area contributed by atoms with Crippen LogP contribution in [0, 0.1) is 25.5 Å². The Balaban J connectivity index is 1.85. The van der Waals surface area contributed by atoms with E-state index in [1.807, 2.05) is 0 Å². The van der Waals surface area contributed by atoms with E-state index >= 15 is 0 Å². The van der Waals surface area contributed by atoms with Gasteiger partial charge in [-0.2, -0.15) is 4.31 Å². The minimum absolute atomic E-state index is 0.0235. The summed E-state index contributed by atoms with van der Waals surface area (Å²) in [6.07, 6.45) is 0.189. The van der Waals surface area contributed by atoms with Crippen LogP contribution in [0.2, 0.25) is 0 Å². The molecule has 2 aromatic carbocycles. The fourth-order valence-corrected chi connectivity index (χ4v) is 5.15. The minimum atomic E-state index is -3.95. The zero-order chi connectivity index (χ0) is 23.0. The molecule has 0 atom stereocenters. The molecule has 0 unspecified atom stereocenters. The second-order valence-corrected chi connectivity index (χ2v) is 9.72. The first-order chi connectivity index (χ1) is 14.5. The first-order valence-corrected chi connectivity index (χ1v) is 11.1. The number of benzene rings is 2. The summed E-state index contributed by atoms with van der Waals surface area (Å²) < 4.78 is 54.5. The first kappa shape index (κ1) is 23.3. The molecule has 168 valence electrons. The summed E-state index contributed by atoms with van der Waals surface area (Å²) in [5.41, 5.74) is -0.759. The SMILES string of the molecule is Cc1ccc(C(=O)Nc2cc(C)c(F)c(F)c2)cc1S(=O)(=O)N1CCC(O)(CO)CC1. The largest absolute Gasteiger partial charge is 0.393 e. The standard InChI is InChI=1S/C21H24F2N2O5S/c1-13-3-4-15(20(27)24-16-9-14(2)19(23)17(22)11-16)10-18(13)31(29,30)25-7-5-21(28,12-26)6-8-25/h3-4,9-11,26,28H,5-8,12H2,1-2H3,(H,24,27). The normalized spacial score (nSPS) is 16.8. The molecule has 1 saturated heterocycles. The van der Waals surface area contributed by atoms with Gasteiger partial charge in [-0.25, -0.2) is 17.2 Å². The van der Waals surface area contributed by atoms with E-state index in [0.29, 0.717) is 5.56 Å². The molecule has 0 aliphatic carbocycles. The van der Waals surface area contributed by atoms with Crippen molar-refractivity contribution in [2.75, 3.05) is 25.0 Å². The van der Waals surface area contributed by atoms with Gasteiger partial charge < -0.3 is 15.5 Å². The molecule has 0 radical (unpaired) electrons. The summed E-state index contributed by atoms with van der Waals surface area (Å²) in [7, 11) is -3.95. The topological polar surface area (TPSA) is 107 Å². The number of aryl methyl sites for hydroxylation is 2. The molecule has 0 saturated carbocycles. The van der Waals surface area contributed by atoms with E-state index in [0.717, 1.165) is 6.07 Å². The zero-order valence-electron chi connectivity index (χ0n) is 17.2. The molecule has 31 heavy (non-hydrogen) atoms. The molecular weight excluding hydrogens is 430 g/mol. The van der Waals surface area contributed by atoms with Gasteiger partial charge in [0, 0.05) is 30.4 Å². The number of anilines is 1. The van der Waals surface area contributed by atoms with E-state index in [4.69, 9.17) is 0 Å². The highest BCUT2D eigenvalue weighted by atomic mass is 32.2. The van der Waals surface area contributed by atoms with E-state index in [2.05, 4.69) is 5.32 Å². The molecule has 1 aliphatic rings. The van der Waals surface area contributed by atoms with Crippen LogP contribution < -0.4 is 5.32 Å². The Morgan fingerprint density at radius 3 is 2.35 bits per heavy atom. The lowest BCUT2D eigenvalue weighted by atomic mass is 9.94. The predicted molar refractivity (Wildman–Crippen MR) is 110 cm³/mol. The van der Waals surface area contributed by atoms with Crippen molar-refractivity contribution in [3.63, 3.8) is 0 Å². The van der Waals surface area contributed by atoms with Crippen molar-refractivity contribution >= 4 is 21.6 Å². The fourth-order valence-electron chi connectivity index (χ4n) is 3.46. The number of carbonyl (C=O) groups is 1. The van der Waals surface area contributed by atoms with Gasteiger partial charge in [0.2, 0.25) is 10.0 Å². The smallest absolute Gasteiger partial charge is 0.255 e. The number of hydrogen-bond acceptors (Lipinski definition) is 5. The lowest BCUT2D eigenvalue weighted by Gasteiger charge is -2.36. The highest BCUT2D eigenvalue weighted by Gasteiger charge is 2.37. The number of rotatable bonds is 5. The van der Waals surface area contributed by atoms with E-state index < -0.39 is 39.8 Å². The maximum Gasteiger partial charge on any atom is 0.255 e. The van der Waals surface area contributed by atoms with Crippen LogP contribution >= 0.6 is 0 Å². The van der Waals surface area contributed by atoms with Crippen molar-refractivity contribution in [3.05, 3.63) is 58.7 Å². The van der Waals surface area contributed by atoms with Crippen LogP contribution in [-0.4, -0.2) is 54.1 Å². The molecule has 1 heterocycles. The quantitative estimate of drug-likeness (QED) is 0.643. The number of halogens is 2. The van der Waals surface area contributed by atoms with E-state index in [-0.39, 0.29) is 47.6 Å². The van der Waals surface area contributed by atoms with Gasteiger partial charge in [-0.05, 0) is 56.0 Å².